The van der Waals surface area contributed by atoms with Gasteiger partial charge in [0, 0.05) is 12.5 Å². The fourth-order valence-electron chi connectivity index (χ4n) is 4.49. The third-order valence-electron chi connectivity index (χ3n) is 6.45. The van der Waals surface area contributed by atoms with E-state index in [4.69, 9.17) is 4.74 Å². The summed E-state index contributed by atoms with van der Waals surface area (Å²) in [5.74, 6) is 0.0605. The lowest BCUT2D eigenvalue weighted by atomic mass is 9.97. The Balaban J connectivity index is 1.13. The summed E-state index contributed by atoms with van der Waals surface area (Å²) < 4.78 is 5.55. The number of nitrogens with zero attached hydrogens (tertiary/aromatic N) is 1. The molecule has 0 bridgehead atoms. The maximum Gasteiger partial charge on any atom is 0.407 e. The van der Waals surface area contributed by atoms with Gasteiger partial charge in [-0.05, 0) is 46.2 Å². The number of carbonyl (C=O) groups excluding carboxylic acids is 1. The molecule has 1 N–H and O–H groups in total. The molecule has 5 rings (SSSR count). The number of rotatable bonds is 6. The molecule has 0 radical (unpaired) electrons. The summed E-state index contributed by atoms with van der Waals surface area (Å²) in [6.45, 7) is 0.701. The minimum absolute atomic E-state index is 0.0605. The highest BCUT2D eigenvalue weighted by Crippen LogP contribution is 2.47. The van der Waals surface area contributed by atoms with Crippen molar-refractivity contribution < 1.29 is 9.53 Å². The van der Waals surface area contributed by atoms with Gasteiger partial charge in [-0.25, -0.2) is 4.79 Å². The average Bonchev–Trinajstić information content (AvgIpc) is 3.58. The molecule has 1 amide bonds. The van der Waals surface area contributed by atoms with E-state index in [1.807, 2.05) is 60.7 Å². The summed E-state index contributed by atoms with van der Waals surface area (Å²) in [4.78, 5) is 12.2. The maximum atomic E-state index is 12.2. The second-order valence-corrected chi connectivity index (χ2v) is 8.42. The van der Waals surface area contributed by atoms with Crippen LogP contribution in [-0.2, 0) is 10.2 Å². The zero-order valence-corrected chi connectivity index (χ0v) is 17.8. The monoisotopic (exact) mass is 420 g/mol. The van der Waals surface area contributed by atoms with Crippen LogP contribution in [-0.4, -0.2) is 19.2 Å². The Morgan fingerprint density at radius 2 is 1.62 bits per heavy atom. The Morgan fingerprint density at radius 3 is 2.22 bits per heavy atom. The van der Waals surface area contributed by atoms with Crippen LogP contribution in [0.5, 0.6) is 0 Å². The van der Waals surface area contributed by atoms with Crippen LogP contribution in [0.1, 0.15) is 41.0 Å². The molecule has 158 valence electrons. The van der Waals surface area contributed by atoms with Gasteiger partial charge in [0.05, 0.1) is 11.5 Å². The third-order valence-corrected chi connectivity index (χ3v) is 6.45. The molecule has 0 aromatic heterocycles. The van der Waals surface area contributed by atoms with E-state index < -0.39 is 6.09 Å². The van der Waals surface area contributed by atoms with Crippen LogP contribution in [0, 0.1) is 11.3 Å². The van der Waals surface area contributed by atoms with E-state index in [9.17, 15) is 10.1 Å². The van der Waals surface area contributed by atoms with E-state index in [-0.39, 0.29) is 11.3 Å². The van der Waals surface area contributed by atoms with Gasteiger partial charge in [0.25, 0.3) is 0 Å². The zero-order valence-electron chi connectivity index (χ0n) is 17.8. The van der Waals surface area contributed by atoms with Crippen LogP contribution in [0.15, 0.2) is 78.9 Å². The molecule has 32 heavy (non-hydrogen) atoms. The van der Waals surface area contributed by atoms with Crippen molar-refractivity contribution in [2.75, 3.05) is 13.2 Å². The minimum Gasteiger partial charge on any atom is -0.449 e. The predicted molar refractivity (Wildman–Crippen MR) is 125 cm³/mol. The molecule has 2 aliphatic rings. The van der Waals surface area contributed by atoms with Crippen molar-refractivity contribution in [1.82, 2.24) is 5.32 Å². The molecule has 1 saturated carbocycles. The van der Waals surface area contributed by atoms with Crippen molar-refractivity contribution >= 4 is 12.2 Å². The van der Waals surface area contributed by atoms with Crippen LogP contribution in [0.25, 0.3) is 17.2 Å². The van der Waals surface area contributed by atoms with Gasteiger partial charge in [-0.3, -0.25) is 0 Å². The fourth-order valence-corrected chi connectivity index (χ4v) is 4.49. The summed E-state index contributed by atoms with van der Waals surface area (Å²) in [6.07, 6.45) is 5.33. The molecule has 1 fully saturated rings. The van der Waals surface area contributed by atoms with E-state index in [0.29, 0.717) is 13.2 Å². The molecule has 0 atom stereocenters. The zero-order chi connectivity index (χ0) is 22.0. The predicted octanol–water partition coefficient (Wildman–Crippen LogP) is 5.79. The number of benzene rings is 3. The lowest BCUT2D eigenvalue weighted by Crippen LogP contribution is -2.26. The number of hydrogen-bond acceptors (Lipinski definition) is 3. The summed E-state index contributed by atoms with van der Waals surface area (Å²) in [5, 5.41) is 12.1. The average molecular weight is 421 g/mol. The molecule has 2 aliphatic carbocycles. The number of ether oxygens (including phenoxy) is 1. The first kappa shape index (κ1) is 20.1. The number of nitrogens with one attached hydrogen (secondary N) is 1. The first-order valence-electron chi connectivity index (χ1n) is 11.0. The molecule has 3 aromatic rings. The van der Waals surface area contributed by atoms with Crippen LogP contribution in [0.3, 0.4) is 0 Å². The smallest absolute Gasteiger partial charge is 0.407 e. The Hall–Kier alpha value is -3.84. The first-order chi connectivity index (χ1) is 15.7. The third kappa shape index (κ3) is 3.78. The van der Waals surface area contributed by atoms with Crippen LogP contribution in [0.2, 0.25) is 0 Å². The van der Waals surface area contributed by atoms with E-state index in [1.54, 1.807) is 0 Å². The number of carbonyl (C=O) groups is 1. The molecule has 0 aliphatic heterocycles. The first-order valence-corrected chi connectivity index (χ1v) is 11.0. The quantitative estimate of drug-likeness (QED) is 0.549. The van der Waals surface area contributed by atoms with Crippen LogP contribution < -0.4 is 5.32 Å². The molecule has 0 spiro atoms. The van der Waals surface area contributed by atoms with E-state index in [2.05, 4.69) is 35.7 Å². The maximum absolute atomic E-state index is 12.2. The van der Waals surface area contributed by atoms with Crippen molar-refractivity contribution in [3.8, 4) is 17.2 Å². The SMILES string of the molecule is N#CC1(c2ccc(C=CCNC(=O)OCC3c4ccccc4-c4ccccc43)cc2)CC1. The molecule has 4 heteroatoms. The van der Waals surface area contributed by atoms with E-state index in [1.165, 1.54) is 22.3 Å². The van der Waals surface area contributed by atoms with Gasteiger partial charge >= 0.3 is 6.09 Å². The van der Waals surface area contributed by atoms with Gasteiger partial charge in [-0.2, -0.15) is 5.26 Å². The summed E-state index contributed by atoms with van der Waals surface area (Å²) in [6, 6.07) is 27.1. The second-order valence-electron chi connectivity index (χ2n) is 8.42. The van der Waals surface area contributed by atoms with Gasteiger partial charge in [0.1, 0.15) is 6.61 Å². The van der Waals surface area contributed by atoms with Crippen molar-refractivity contribution in [1.29, 1.82) is 5.26 Å². The van der Waals surface area contributed by atoms with Gasteiger partial charge in [-0.1, -0.05) is 84.9 Å². The second kappa shape index (κ2) is 8.36. The van der Waals surface area contributed by atoms with Gasteiger partial charge in [-0.15, -0.1) is 0 Å². The highest BCUT2D eigenvalue weighted by Gasteiger charge is 2.44. The Kier molecular flexibility index (Phi) is 5.25. The molecular formula is C28H24N2O2. The van der Waals surface area contributed by atoms with Crippen molar-refractivity contribution in [2.24, 2.45) is 0 Å². The van der Waals surface area contributed by atoms with Gasteiger partial charge < -0.3 is 10.1 Å². The molecule has 0 heterocycles. The molecular weight excluding hydrogens is 396 g/mol. The van der Waals surface area contributed by atoms with Gasteiger partial charge in [0.2, 0.25) is 0 Å². The Morgan fingerprint density at radius 1 is 1.00 bits per heavy atom. The highest BCUT2D eigenvalue weighted by atomic mass is 16.5. The van der Waals surface area contributed by atoms with Crippen molar-refractivity contribution in [3.05, 3.63) is 101 Å². The Bertz CT molecular complexity index is 1170. The van der Waals surface area contributed by atoms with E-state index >= 15 is 0 Å². The summed E-state index contributed by atoms with van der Waals surface area (Å²) in [5.41, 5.74) is 6.71. The summed E-state index contributed by atoms with van der Waals surface area (Å²) in [7, 11) is 0. The van der Waals surface area contributed by atoms with Gasteiger partial charge in [0.15, 0.2) is 0 Å². The van der Waals surface area contributed by atoms with Crippen LogP contribution in [0.4, 0.5) is 4.79 Å². The molecule has 4 nitrogen and oxygen atoms in total. The normalized spacial score (nSPS) is 15.6. The fraction of sp³-hybridized carbons (Fsp3) is 0.214. The number of nitriles is 1. The van der Waals surface area contributed by atoms with Crippen molar-refractivity contribution in [2.45, 2.75) is 24.2 Å². The molecule has 0 saturated heterocycles. The highest BCUT2D eigenvalue weighted by molar-refractivity contribution is 5.79. The minimum atomic E-state index is -0.420. The number of amides is 1. The standard InChI is InChI=1S/C28H24N2O2/c29-19-28(15-16-28)21-13-11-20(12-14-21)6-5-17-30-27(31)32-18-26-24-9-3-1-7-22(24)23-8-2-4-10-25(23)26/h1-14,26H,15-18H2,(H,30,31). The lowest BCUT2D eigenvalue weighted by molar-refractivity contribution is 0.144. The van der Waals surface area contributed by atoms with E-state index in [0.717, 1.165) is 24.0 Å². The largest absolute Gasteiger partial charge is 0.449 e. The van der Waals surface area contributed by atoms with Crippen molar-refractivity contribution in [3.63, 3.8) is 0 Å². The number of hydrogen-bond donors (Lipinski definition) is 1. The number of alkyl carbamates (subject to hydrolysis) is 1. The topological polar surface area (TPSA) is 62.1 Å². The molecule has 3 aromatic carbocycles. The summed E-state index contributed by atoms with van der Waals surface area (Å²) >= 11 is 0. The molecule has 0 unspecified atom stereocenters. The Labute approximate surface area is 188 Å². The lowest BCUT2D eigenvalue weighted by Gasteiger charge is -2.14. The van der Waals surface area contributed by atoms with Crippen LogP contribution >= 0.6 is 0 Å². The number of fused-ring (bicyclic) bond motifs is 3.